The second-order valence-corrected chi connectivity index (χ2v) is 22.9. The van der Waals surface area contributed by atoms with Gasteiger partial charge in [0.25, 0.3) is 17.8 Å². The second kappa shape index (κ2) is 33.2. The lowest BCUT2D eigenvalue weighted by Gasteiger charge is -2.11. The Morgan fingerprint density at radius 3 is 0.568 bits per heavy atom. The van der Waals surface area contributed by atoms with Crippen molar-refractivity contribution in [1.29, 1.82) is 0 Å². The van der Waals surface area contributed by atoms with Crippen LogP contribution < -0.4 is 46.1 Å². The van der Waals surface area contributed by atoms with E-state index in [9.17, 15) is 59.4 Å². The molecule has 0 saturated carbocycles. The molecule has 36 heteroatoms. The maximum absolute atomic E-state index is 11.5. The molecule has 0 aliphatic heterocycles. The molecule has 9 aromatic carbocycles. The van der Waals surface area contributed by atoms with Gasteiger partial charge in [-0.1, -0.05) is 0 Å². The van der Waals surface area contributed by atoms with Crippen molar-refractivity contribution in [2.45, 2.75) is 0 Å². The molecule has 0 aliphatic carbocycles. The number of rotatable bonds is 30. The first kappa shape index (κ1) is 72.4. The first-order valence-corrected chi connectivity index (χ1v) is 32.4. The summed E-state index contributed by atoms with van der Waals surface area (Å²) in [6.07, 6.45) is 4.41. The number of aliphatic imine (C=N–C) groups is 3. The molecule has 0 radical (unpaired) electrons. The summed E-state index contributed by atoms with van der Waals surface area (Å²) in [7, 11) is 0. The van der Waals surface area contributed by atoms with Gasteiger partial charge in [-0.2, -0.15) is 59.8 Å². The Morgan fingerprint density at radius 2 is 0.405 bits per heavy atom. The number of aromatic nitrogens is 12. The third-order valence-electron chi connectivity index (χ3n) is 15.0. The second-order valence-electron chi connectivity index (χ2n) is 22.9. The average molecular weight is 1490 g/mol. The molecule has 13 aromatic rings. The zero-order valence-corrected chi connectivity index (χ0v) is 56.6. The zero-order chi connectivity index (χ0) is 77.3. The van der Waals surface area contributed by atoms with Gasteiger partial charge >= 0.3 is 53.8 Å². The molecular formula is C75H51N21O15. The lowest BCUT2D eigenvalue weighted by molar-refractivity contribution is 0.0686. The van der Waals surface area contributed by atoms with Crippen molar-refractivity contribution in [3.8, 4) is 35.3 Å². The minimum Gasteiger partial charge on any atom is -0.478 e. The van der Waals surface area contributed by atoms with E-state index in [2.05, 4.69) is 107 Å². The Bertz CT molecular complexity index is 4930. The monoisotopic (exact) mass is 1490 g/mol. The van der Waals surface area contributed by atoms with Gasteiger partial charge in [0, 0.05) is 52.8 Å². The maximum Gasteiger partial charge on any atom is 0.335 e. The summed E-state index contributed by atoms with van der Waals surface area (Å²) in [5.41, 5.74) is 4.67. The predicted octanol–water partition coefficient (Wildman–Crippen LogP) is 13.7. The molecule has 13 rings (SSSR count). The highest BCUT2D eigenvalue weighted by atomic mass is 16.5. The van der Waals surface area contributed by atoms with E-state index in [-0.39, 0.29) is 122 Å². The number of hydrogen-bond donors (Lipinski definition) is 12. The van der Waals surface area contributed by atoms with Crippen molar-refractivity contribution in [3.05, 3.63) is 268 Å². The topological polar surface area (TPSA) is 515 Å². The minimum atomic E-state index is -1.11. The largest absolute Gasteiger partial charge is 0.478 e. The van der Waals surface area contributed by atoms with E-state index in [1.807, 2.05) is 0 Å². The molecule has 0 fully saturated rings. The molecule has 0 saturated heterocycles. The Labute approximate surface area is 623 Å². The number of carbonyl (C=O) groups is 6. The number of hydrogen-bond acceptors (Lipinski definition) is 30. The van der Waals surface area contributed by atoms with Crippen LogP contribution >= 0.6 is 0 Å². The first-order valence-electron chi connectivity index (χ1n) is 32.4. The molecule has 0 spiro atoms. The number of carboxylic acids is 6. The van der Waals surface area contributed by atoms with Crippen molar-refractivity contribution in [2.24, 2.45) is 15.0 Å². The van der Waals surface area contributed by atoms with Crippen LogP contribution in [0.3, 0.4) is 0 Å². The number of ether oxygens (including phenoxy) is 3. The van der Waals surface area contributed by atoms with Crippen molar-refractivity contribution in [1.82, 2.24) is 59.8 Å². The first-order chi connectivity index (χ1) is 53.7. The SMILES string of the molecule is O=C(O)c1ccc(Nc2nc(Nc3ccc(C(=O)O)cc3)nc(Oc3ccc(/C=N/c4nc(/N=C/c5ccc(Oc6nc(Nc7ccc(C(=O)O)cc7)nc(Nc7ccc(C(=O)O)cc7)n6)cc5)nc(/N=C/c5ccc(Oc6nc(Nc7ccc(C(=O)O)cc7)nc(Nc7ccc(C(=O)O)cc7)n6)cc5)n4)cc3)n2)cc1. The van der Waals surface area contributed by atoms with Crippen molar-refractivity contribution < 1.29 is 73.6 Å². The number of anilines is 12. The van der Waals surface area contributed by atoms with E-state index in [0.29, 0.717) is 50.8 Å². The lowest BCUT2D eigenvalue weighted by atomic mass is 10.2. The average Bonchev–Trinajstić information content (AvgIpc) is 0.840. The van der Waals surface area contributed by atoms with Gasteiger partial charge in [-0.3, -0.25) is 0 Å². The molecule has 0 aliphatic rings. The molecule has 36 nitrogen and oxygen atoms in total. The fourth-order valence-corrected chi connectivity index (χ4v) is 9.59. The number of nitrogens with one attached hydrogen (secondary N) is 6. The number of carboxylic acid groups (broad SMARTS) is 6. The van der Waals surface area contributed by atoms with Gasteiger partial charge in [0.2, 0.25) is 35.7 Å². The summed E-state index contributed by atoms with van der Waals surface area (Å²) in [5, 5.41) is 74.6. The molecule has 12 N–H and O–H groups in total. The maximum atomic E-state index is 11.5. The van der Waals surface area contributed by atoms with E-state index in [1.165, 1.54) is 164 Å². The van der Waals surface area contributed by atoms with Crippen LogP contribution in [0.2, 0.25) is 0 Å². The van der Waals surface area contributed by atoms with Crippen LogP contribution in [-0.4, -0.2) is 145 Å². The molecule has 0 atom stereocenters. The van der Waals surface area contributed by atoms with Gasteiger partial charge < -0.3 is 76.8 Å². The van der Waals surface area contributed by atoms with Gasteiger partial charge in [-0.05, 0) is 235 Å². The third-order valence-corrected chi connectivity index (χ3v) is 15.0. The van der Waals surface area contributed by atoms with Gasteiger partial charge in [0.05, 0.1) is 33.4 Å². The Morgan fingerprint density at radius 1 is 0.234 bits per heavy atom. The van der Waals surface area contributed by atoms with Crippen molar-refractivity contribution in [3.63, 3.8) is 0 Å². The number of aromatic carboxylic acids is 6. The smallest absolute Gasteiger partial charge is 0.335 e. The zero-order valence-electron chi connectivity index (χ0n) is 56.6. The van der Waals surface area contributed by atoms with Gasteiger partial charge in [0.1, 0.15) is 17.2 Å². The summed E-state index contributed by atoms with van der Waals surface area (Å²) in [5.74, 6) is -6.08. The van der Waals surface area contributed by atoms with E-state index >= 15 is 0 Å². The fourth-order valence-electron chi connectivity index (χ4n) is 9.59. The number of benzene rings is 9. The normalized spacial score (nSPS) is 11.0. The third kappa shape index (κ3) is 20.1. The van der Waals surface area contributed by atoms with Crippen molar-refractivity contribution in [2.75, 3.05) is 31.9 Å². The highest BCUT2D eigenvalue weighted by Crippen LogP contribution is 2.30. The van der Waals surface area contributed by atoms with E-state index in [0.717, 1.165) is 0 Å². The van der Waals surface area contributed by atoms with Crippen LogP contribution in [-0.2, 0) is 0 Å². The molecule has 0 amide bonds. The molecular weight excluding hydrogens is 1430 g/mol. The summed E-state index contributed by atoms with van der Waals surface area (Å²) >= 11 is 0. The Hall–Kier alpha value is -17.0. The van der Waals surface area contributed by atoms with Gasteiger partial charge in [-0.25, -0.2) is 43.7 Å². The molecule has 4 heterocycles. The number of nitrogens with zero attached hydrogens (tertiary/aromatic N) is 15. The quantitative estimate of drug-likeness (QED) is 0.0186. The van der Waals surface area contributed by atoms with Crippen LogP contribution in [0, 0.1) is 0 Å². The van der Waals surface area contributed by atoms with Crippen LogP contribution in [0.4, 0.5) is 87.7 Å². The summed E-state index contributed by atoms with van der Waals surface area (Å²) in [4.78, 5) is 136. The van der Waals surface area contributed by atoms with Crippen LogP contribution in [0.15, 0.2) is 233 Å². The van der Waals surface area contributed by atoms with E-state index < -0.39 is 35.8 Å². The minimum absolute atomic E-state index is 0.0121. The Balaban J connectivity index is 0.753. The molecule has 0 unspecified atom stereocenters. The molecule has 546 valence electrons. The van der Waals surface area contributed by atoms with E-state index in [4.69, 9.17) is 14.2 Å². The van der Waals surface area contributed by atoms with Gasteiger partial charge in [-0.15, -0.1) is 0 Å². The van der Waals surface area contributed by atoms with Gasteiger partial charge in [0.15, 0.2) is 0 Å². The highest BCUT2D eigenvalue weighted by molar-refractivity contribution is 5.92. The predicted molar refractivity (Wildman–Crippen MR) is 401 cm³/mol. The molecule has 4 aromatic heterocycles. The Kier molecular flexibility index (Phi) is 21.7. The van der Waals surface area contributed by atoms with Crippen LogP contribution in [0.25, 0.3) is 0 Å². The highest BCUT2D eigenvalue weighted by Gasteiger charge is 2.18. The van der Waals surface area contributed by atoms with Crippen LogP contribution in [0.1, 0.15) is 78.8 Å². The summed E-state index contributed by atoms with van der Waals surface area (Å²) in [6.45, 7) is 0. The summed E-state index contributed by atoms with van der Waals surface area (Å²) < 4.78 is 18.3. The molecule has 0 bridgehead atoms. The van der Waals surface area contributed by atoms with Crippen LogP contribution in [0.5, 0.6) is 35.3 Å². The fraction of sp³-hybridized carbons (Fsp3) is 0. The van der Waals surface area contributed by atoms with Crippen molar-refractivity contribution >= 4 is 142 Å². The lowest BCUT2D eigenvalue weighted by Crippen LogP contribution is -2.06. The standard InChI is InChI=1S/C75H51N21O15/c97-58(98)43-7-19-49(20-8-43)79-67-88-68(80-50-21-9-44(10-22-50)59(99)100)92-73(91-67)109-55-31-1-40(2-32-55)37-76-64-85-65(77-38-41-3-33-56(34-4-41)110-74-93-69(81-51-23-11-45(12-24-51)60(101)102)89-70(94-74)82-52-25-13-46(14-26-52)61(103)104)87-66(86-64)78-39-42-5-35-57(36-6-42)111-75-95-71(83-53-27-15-47(16-28-53)62(105)106)90-72(96-75)84-54-29-17-48(18-30-54)63(107)108/h1-39H,(H,97,98)(H,99,100)(H,101,102)(H,103,104)(H,105,106)(H,107,108)(H2,79,80,88,91,92)(H2,81,82,89,93,94)(H2,83,84,90,95,96)/b76-37+,77-38+,78-39+. The van der Waals surface area contributed by atoms with E-state index in [1.54, 1.807) is 72.8 Å². The molecule has 111 heavy (non-hydrogen) atoms. The summed E-state index contributed by atoms with van der Waals surface area (Å²) in [6, 6.07) is 54.4.